The number of unbranched alkanes of at least 4 members (excludes halogenated alkanes) is 19. The number of hydrogen-bond donors (Lipinski definition) is 1. The zero-order chi connectivity index (χ0) is 33.7. The van der Waals surface area contributed by atoms with E-state index in [1.54, 1.807) is 0 Å². The molecule has 1 N–H and O–H groups in total. The van der Waals surface area contributed by atoms with Crippen molar-refractivity contribution in [3.63, 3.8) is 0 Å². The molecule has 2 atom stereocenters. The van der Waals surface area contributed by atoms with Crippen LogP contribution < -0.4 is 0 Å². The lowest BCUT2D eigenvalue weighted by molar-refractivity contribution is -0.870. The third-order valence-corrected chi connectivity index (χ3v) is 8.87. The Kier molecular flexibility index (Phi) is 28.5. The third kappa shape index (κ3) is 32.7. The smallest absolute Gasteiger partial charge is 0.462 e. The van der Waals surface area contributed by atoms with Crippen LogP contribution in [-0.4, -0.2) is 74.9 Å². The summed E-state index contributed by atoms with van der Waals surface area (Å²) in [4.78, 5) is 35.0. The highest BCUT2D eigenvalue weighted by atomic mass is 31.2. The van der Waals surface area contributed by atoms with Gasteiger partial charge in [-0.2, -0.15) is 0 Å². The summed E-state index contributed by atoms with van der Waals surface area (Å²) in [5.74, 6) is -0.796. The van der Waals surface area contributed by atoms with E-state index in [-0.39, 0.29) is 25.6 Å². The van der Waals surface area contributed by atoms with Gasteiger partial charge in [0.25, 0.3) is 0 Å². The molecular weight excluding hydrogens is 593 g/mol. The van der Waals surface area contributed by atoms with Crippen molar-refractivity contribution in [1.82, 2.24) is 0 Å². The fourth-order valence-corrected chi connectivity index (χ4v) is 5.70. The Labute approximate surface area is 276 Å². The van der Waals surface area contributed by atoms with E-state index in [9.17, 15) is 19.0 Å². The van der Waals surface area contributed by atoms with Gasteiger partial charge >= 0.3 is 19.8 Å². The number of phosphoric acid groups is 1. The van der Waals surface area contributed by atoms with Gasteiger partial charge in [0.05, 0.1) is 27.7 Å². The summed E-state index contributed by atoms with van der Waals surface area (Å²) in [6.45, 7) is 4.39. The normalized spacial score (nSPS) is 13.8. The van der Waals surface area contributed by atoms with E-state index in [1.165, 1.54) is 96.3 Å². The molecule has 0 aromatic carbocycles. The Bertz CT molecular complexity index is 758. The average molecular weight is 665 g/mol. The van der Waals surface area contributed by atoms with Crippen LogP contribution in [0.15, 0.2) is 0 Å². The van der Waals surface area contributed by atoms with E-state index in [0.717, 1.165) is 32.1 Å². The zero-order valence-electron chi connectivity index (χ0n) is 29.9. The number of rotatable bonds is 33. The molecule has 0 aromatic rings. The van der Waals surface area contributed by atoms with Crippen LogP contribution >= 0.6 is 7.82 Å². The van der Waals surface area contributed by atoms with Crippen LogP contribution in [0.1, 0.15) is 162 Å². The van der Waals surface area contributed by atoms with Gasteiger partial charge in [0.15, 0.2) is 6.10 Å². The molecule has 9 nitrogen and oxygen atoms in total. The predicted molar refractivity (Wildman–Crippen MR) is 183 cm³/mol. The number of quaternary nitrogens is 1. The van der Waals surface area contributed by atoms with E-state index in [1.807, 2.05) is 21.1 Å². The molecule has 0 heterocycles. The van der Waals surface area contributed by atoms with Crippen molar-refractivity contribution in [1.29, 1.82) is 0 Å². The number of esters is 2. The van der Waals surface area contributed by atoms with E-state index in [4.69, 9.17) is 18.5 Å². The van der Waals surface area contributed by atoms with Crippen LogP contribution in [0.4, 0.5) is 0 Å². The lowest BCUT2D eigenvalue weighted by Crippen LogP contribution is -2.37. The summed E-state index contributed by atoms with van der Waals surface area (Å²) in [7, 11) is 1.49. The molecule has 0 saturated heterocycles. The molecule has 0 aliphatic heterocycles. The van der Waals surface area contributed by atoms with Crippen molar-refractivity contribution in [2.24, 2.45) is 0 Å². The molecule has 0 spiro atoms. The standard InChI is InChI=1S/C35H70NO8P/c1-6-8-10-12-14-16-17-18-20-22-24-26-28-35(38)44-33(32-43-45(39,40)42-30-29-36(3,4)5)31-41-34(37)27-25-23-21-19-15-13-11-9-7-2/h33H,6-32H2,1-5H3/p+1/t33-/m0/s1. The molecule has 0 fully saturated rings. The first-order chi connectivity index (χ1) is 21.5. The van der Waals surface area contributed by atoms with Crippen LogP contribution in [0, 0.1) is 0 Å². The van der Waals surface area contributed by atoms with Gasteiger partial charge in [-0.3, -0.25) is 18.6 Å². The minimum absolute atomic E-state index is 0.0361. The molecule has 0 aliphatic rings. The van der Waals surface area contributed by atoms with E-state index >= 15 is 0 Å². The maximum Gasteiger partial charge on any atom is 0.472 e. The highest BCUT2D eigenvalue weighted by Crippen LogP contribution is 2.43. The second-order valence-electron chi connectivity index (χ2n) is 13.6. The maximum atomic E-state index is 12.6. The molecule has 0 bridgehead atoms. The predicted octanol–water partition coefficient (Wildman–Crippen LogP) is 9.29. The number of phosphoric ester groups is 1. The van der Waals surface area contributed by atoms with Gasteiger partial charge in [0, 0.05) is 12.8 Å². The van der Waals surface area contributed by atoms with E-state index in [2.05, 4.69) is 13.8 Å². The highest BCUT2D eigenvalue weighted by Gasteiger charge is 2.27. The van der Waals surface area contributed by atoms with E-state index in [0.29, 0.717) is 23.9 Å². The fraction of sp³-hybridized carbons (Fsp3) is 0.943. The second-order valence-corrected chi connectivity index (χ2v) is 15.1. The summed E-state index contributed by atoms with van der Waals surface area (Å²) in [5, 5.41) is 0. The van der Waals surface area contributed by atoms with Crippen molar-refractivity contribution in [2.75, 3.05) is 47.5 Å². The first kappa shape index (κ1) is 44.0. The van der Waals surface area contributed by atoms with Crippen molar-refractivity contribution in [3.8, 4) is 0 Å². The number of likely N-dealkylation sites (N-methyl/N-ethyl adjacent to an activating group) is 1. The third-order valence-electron chi connectivity index (χ3n) is 7.89. The van der Waals surface area contributed by atoms with Crippen molar-refractivity contribution >= 4 is 19.8 Å². The van der Waals surface area contributed by atoms with Gasteiger partial charge < -0.3 is 18.9 Å². The van der Waals surface area contributed by atoms with Crippen LogP contribution in [0.2, 0.25) is 0 Å². The number of nitrogens with zero attached hydrogens (tertiary/aromatic N) is 1. The quantitative estimate of drug-likeness (QED) is 0.0320. The first-order valence-electron chi connectivity index (χ1n) is 18.3. The van der Waals surface area contributed by atoms with E-state index < -0.39 is 26.5 Å². The Morgan fingerprint density at radius 2 is 1.00 bits per heavy atom. The Morgan fingerprint density at radius 3 is 1.42 bits per heavy atom. The minimum atomic E-state index is -4.35. The van der Waals surface area contributed by atoms with Crippen LogP contribution in [0.25, 0.3) is 0 Å². The molecule has 0 saturated carbocycles. The van der Waals surface area contributed by atoms with Gasteiger partial charge in [-0.25, -0.2) is 4.57 Å². The lowest BCUT2D eigenvalue weighted by Gasteiger charge is -2.24. The first-order valence-corrected chi connectivity index (χ1v) is 19.8. The summed E-state index contributed by atoms with van der Waals surface area (Å²) in [6.07, 6.45) is 24.3. The Morgan fingerprint density at radius 1 is 0.600 bits per heavy atom. The molecular formula is C35H71NO8P+. The number of carbonyl (C=O) groups excluding carboxylic acids is 2. The summed E-state index contributed by atoms with van der Waals surface area (Å²) in [5.41, 5.74) is 0. The molecule has 45 heavy (non-hydrogen) atoms. The van der Waals surface area contributed by atoms with Crippen molar-refractivity contribution in [3.05, 3.63) is 0 Å². The highest BCUT2D eigenvalue weighted by molar-refractivity contribution is 7.47. The minimum Gasteiger partial charge on any atom is -0.462 e. The zero-order valence-corrected chi connectivity index (χ0v) is 30.8. The van der Waals surface area contributed by atoms with Crippen LogP contribution in [-0.2, 0) is 32.7 Å². The molecule has 0 aliphatic carbocycles. The molecule has 10 heteroatoms. The molecule has 0 aromatic heterocycles. The largest absolute Gasteiger partial charge is 0.472 e. The monoisotopic (exact) mass is 664 g/mol. The number of carbonyl (C=O) groups is 2. The van der Waals surface area contributed by atoms with Crippen molar-refractivity contribution < 1.29 is 42.1 Å². The van der Waals surface area contributed by atoms with Gasteiger partial charge in [-0.1, -0.05) is 136 Å². The topological polar surface area (TPSA) is 108 Å². The second kappa shape index (κ2) is 29.2. The fourth-order valence-electron chi connectivity index (χ4n) is 4.95. The molecule has 0 radical (unpaired) electrons. The number of hydrogen-bond acceptors (Lipinski definition) is 7. The summed E-state index contributed by atoms with van der Waals surface area (Å²) < 4.78 is 34.0. The molecule has 0 amide bonds. The van der Waals surface area contributed by atoms with Crippen LogP contribution in [0.5, 0.6) is 0 Å². The van der Waals surface area contributed by atoms with Gasteiger partial charge in [0.2, 0.25) is 0 Å². The maximum absolute atomic E-state index is 12.6. The van der Waals surface area contributed by atoms with Gasteiger partial charge in [-0.05, 0) is 12.8 Å². The Hall–Kier alpha value is -0.990. The number of ether oxygens (including phenoxy) is 2. The lowest BCUT2D eigenvalue weighted by atomic mass is 10.0. The molecule has 268 valence electrons. The van der Waals surface area contributed by atoms with Gasteiger partial charge in [-0.15, -0.1) is 0 Å². The SMILES string of the molecule is CCCCCCCCCCCCCCC(=O)O[C@@H](COC(=O)CCCCCCCCCCC)COP(=O)(O)OCC[N+](C)(C)C. The van der Waals surface area contributed by atoms with Crippen LogP contribution in [0.3, 0.4) is 0 Å². The Balaban J connectivity index is 4.45. The average Bonchev–Trinajstić information content (AvgIpc) is 2.97. The summed E-state index contributed by atoms with van der Waals surface area (Å²) in [6, 6.07) is 0. The van der Waals surface area contributed by atoms with Crippen molar-refractivity contribution in [2.45, 2.75) is 168 Å². The molecule has 1 unspecified atom stereocenters. The van der Waals surface area contributed by atoms with Gasteiger partial charge in [0.1, 0.15) is 19.8 Å². The summed E-state index contributed by atoms with van der Waals surface area (Å²) >= 11 is 0. The molecule has 0 rings (SSSR count).